The summed E-state index contributed by atoms with van der Waals surface area (Å²) in [6.45, 7) is 2.86. The number of aryl methyl sites for hydroxylation is 1. The van der Waals surface area contributed by atoms with Crippen LogP contribution in [0, 0.1) is 6.92 Å². The Morgan fingerprint density at radius 3 is 3.09 bits per heavy atom. The Morgan fingerprint density at radius 2 is 2.22 bits per heavy atom. The minimum Gasteiger partial charge on any atom is -0.331 e. The largest absolute Gasteiger partial charge is 0.331 e. The van der Waals surface area contributed by atoms with Crippen LogP contribution in [0.15, 0.2) is 48.9 Å². The van der Waals surface area contributed by atoms with Gasteiger partial charge in [0.15, 0.2) is 5.65 Å². The number of amides is 1. The number of carbonyl (C=O) groups excluding carboxylic acids is 1. The molecule has 1 amide bonds. The maximum Gasteiger partial charge on any atom is 0.259 e. The first-order valence-corrected chi connectivity index (χ1v) is 7.90. The molecule has 4 rings (SSSR count). The van der Waals surface area contributed by atoms with Crippen LogP contribution in [-0.2, 0) is 0 Å². The van der Waals surface area contributed by atoms with Crippen molar-refractivity contribution in [2.45, 2.75) is 25.8 Å². The molecule has 116 valence electrons. The fourth-order valence-corrected chi connectivity index (χ4v) is 3.37. The number of nitrogens with zero attached hydrogens (tertiary/aromatic N) is 4. The predicted molar refractivity (Wildman–Crippen MR) is 87.2 cm³/mol. The lowest BCUT2D eigenvalue weighted by Crippen LogP contribution is -2.30. The number of fused-ring (bicyclic) bond motifs is 1. The number of rotatable bonds is 2. The minimum absolute atomic E-state index is 0.0164. The van der Waals surface area contributed by atoms with Gasteiger partial charge in [-0.3, -0.25) is 4.79 Å². The van der Waals surface area contributed by atoms with Crippen molar-refractivity contribution < 1.29 is 4.79 Å². The van der Waals surface area contributed by atoms with Gasteiger partial charge in [0.05, 0.1) is 12.2 Å². The zero-order valence-corrected chi connectivity index (χ0v) is 13.0. The molecule has 0 N–H and O–H groups in total. The zero-order valence-electron chi connectivity index (χ0n) is 13.0. The van der Waals surface area contributed by atoms with E-state index in [0.29, 0.717) is 11.2 Å². The second kappa shape index (κ2) is 5.50. The van der Waals surface area contributed by atoms with Gasteiger partial charge in [0.1, 0.15) is 5.56 Å². The van der Waals surface area contributed by atoms with Crippen molar-refractivity contribution in [3.63, 3.8) is 0 Å². The van der Waals surface area contributed by atoms with Crippen LogP contribution in [0.5, 0.6) is 0 Å². The molecule has 1 aliphatic rings. The summed E-state index contributed by atoms with van der Waals surface area (Å²) in [7, 11) is 0. The van der Waals surface area contributed by atoms with Crippen molar-refractivity contribution in [3.05, 3.63) is 65.6 Å². The summed E-state index contributed by atoms with van der Waals surface area (Å²) in [6.07, 6.45) is 7.14. The maximum atomic E-state index is 13.0. The number of likely N-dealkylation sites (tertiary alicyclic amines) is 1. The summed E-state index contributed by atoms with van der Waals surface area (Å²) in [6, 6.07) is 10.4. The van der Waals surface area contributed by atoms with Crippen molar-refractivity contribution in [3.8, 4) is 0 Å². The molecule has 5 heteroatoms. The molecule has 23 heavy (non-hydrogen) atoms. The molecule has 0 spiro atoms. The standard InChI is InChI=1S/C18H18N4O/c1-13-5-2-6-14(11-13)16-7-3-9-21(16)18(23)15-12-20-22-10-4-8-19-17(15)22/h2,4-6,8,10-12,16H,3,7,9H2,1H3/t16-/m0/s1. The van der Waals surface area contributed by atoms with E-state index in [4.69, 9.17) is 0 Å². The molecule has 1 aliphatic heterocycles. The highest BCUT2D eigenvalue weighted by Gasteiger charge is 2.32. The van der Waals surface area contributed by atoms with Crippen LogP contribution in [0.25, 0.3) is 5.65 Å². The van der Waals surface area contributed by atoms with Crippen LogP contribution < -0.4 is 0 Å². The zero-order chi connectivity index (χ0) is 15.8. The van der Waals surface area contributed by atoms with Gasteiger partial charge in [0, 0.05) is 18.9 Å². The van der Waals surface area contributed by atoms with Crippen molar-refractivity contribution >= 4 is 11.6 Å². The van der Waals surface area contributed by atoms with Crippen LogP contribution in [0.1, 0.15) is 40.4 Å². The molecule has 0 unspecified atom stereocenters. The molecule has 1 saturated heterocycles. The van der Waals surface area contributed by atoms with Crippen LogP contribution in [0.4, 0.5) is 0 Å². The van der Waals surface area contributed by atoms with Crippen LogP contribution in [-0.4, -0.2) is 31.9 Å². The molecule has 3 aromatic rings. The summed E-state index contributed by atoms with van der Waals surface area (Å²) in [5.41, 5.74) is 3.62. The molecule has 2 aromatic heterocycles. The molecule has 0 radical (unpaired) electrons. The number of carbonyl (C=O) groups is 1. The predicted octanol–water partition coefficient (Wildman–Crippen LogP) is 3.02. The van der Waals surface area contributed by atoms with E-state index in [0.717, 1.165) is 19.4 Å². The van der Waals surface area contributed by atoms with Crippen molar-refractivity contribution in [1.29, 1.82) is 0 Å². The van der Waals surface area contributed by atoms with Gasteiger partial charge in [-0.15, -0.1) is 0 Å². The first kappa shape index (κ1) is 13.9. The summed E-state index contributed by atoms with van der Waals surface area (Å²) in [4.78, 5) is 19.3. The molecule has 0 aliphatic carbocycles. The number of hydrogen-bond acceptors (Lipinski definition) is 3. The lowest BCUT2D eigenvalue weighted by molar-refractivity contribution is 0.0737. The van der Waals surface area contributed by atoms with E-state index >= 15 is 0 Å². The summed E-state index contributed by atoms with van der Waals surface area (Å²) in [5, 5.41) is 4.23. The van der Waals surface area contributed by atoms with Gasteiger partial charge in [-0.05, 0) is 31.4 Å². The molecule has 3 heterocycles. The van der Waals surface area contributed by atoms with Gasteiger partial charge >= 0.3 is 0 Å². The highest BCUT2D eigenvalue weighted by Crippen LogP contribution is 2.33. The monoisotopic (exact) mass is 306 g/mol. The number of benzene rings is 1. The SMILES string of the molecule is Cc1cccc([C@@H]2CCCN2C(=O)c2cnn3cccnc23)c1. The van der Waals surface area contributed by atoms with Gasteiger partial charge < -0.3 is 4.90 Å². The first-order valence-electron chi connectivity index (χ1n) is 7.90. The van der Waals surface area contributed by atoms with E-state index in [1.807, 2.05) is 4.90 Å². The fraction of sp³-hybridized carbons (Fsp3) is 0.278. The Kier molecular flexibility index (Phi) is 3.33. The molecule has 1 atom stereocenters. The minimum atomic E-state index is 0.0164. The Labute approximate surface area is 134 Å². The van der Waals surface area contributed by atoms with Gasteiger partial charge in [0.25, 0.3) is 5.91 Å². The summed E-state index contributed by atoms with van der Waals surface area (Å²) < 4.78 is 1.64. The number of hydrogen-bond donors (Lipinski definition) is 0. The summed E-state index contributed by atoms with van der Waals surface area (Å²) in [5.74, 6) is 0.0164. The van der Waals surface area contributed by atoms with Gasteiger partial charge in [-0.1, -0.05) is 29.8 Å². The van der Waals surface area contributed by atoms with Crippen LogP contribution >= 0.6 is 0 Å². The Hall–Kier alpha value is -2.69. The first-order chi connectivity index (χ1) is 11.2. The normalized spacial score (nSPS) is 17.8. The average molecular weight is 306 g/mol. The smallest absolute Gasteiger partial charge is 0.259 e. The average Bonchev–Trinajstić information content (AvgIpc) is 3.21. The Balaban J connectivity index is 1.70. The fourth-order valence-electron chi connectivity index (χ4n) is 3.37. The van der Waals surface area contributed by atoms with Crippen molar-refractivity contribution in [2.75, 3.05) is 6.54 Å². The van der Waals surface area contributed by atoms with E-state index in [9.17, 15) is 4.79 Å². The Morgan fingerprint density at radius 1 is 1.30 bits per heavy atom. The lowest BCUT2D eigenvalue weighted by Gasteiger charge is -2.25. The number of aromatic nitrogens is 3. The second-order valence-corrected chi connectivity index (χ2v) is 6.02. The van der Waals surface area contributed by atoms with Gasteiger partial charge in [-0.2, -0.15) is 5.10 Å². The van der Waals surface area contributed by atoms with E-state index in [-0.39, 0.29) is 11.9 Å². The third-order valence-electron chi connectivity index (χ3n) is 4.45. The Bertz CT molecular complexity index is 870. The van der Waals surface area contributed by atoms with Gasteiger partial charge in [-0.25, -0.2) is 9.50 Å². The molecule has 0 bridgehead atoms. The molecular formula is C18H18N4O. The quantitative estimate of drug-likeness (QED) is 0.731. The molecule has 5 nitrogen and oxygen atoms in total. The maximum absolute atomic E-state index is 13.0. The van der Waals surface area contributed by atoms with E-state index in [1.54, 1.807) is 29.2 Å². The van der Waals surface area contributed by atoms with E-state index < -0.39 is 0 Å². The third kappa shape index (κ3) is 2.38. The highest BCUT2D eigenvalue weighted by atomic mass is 16.2. The van der Waals surface area contributed by atoms with Crippen molar-refractivity contribution in [2.24, 2.45) is 0 Å². The van der Waals surface area contributed by atoms with Crippen molar-refractivity contribution in [1.82, 2.24) is 19.5 Å². The molecule has 1 aromatic carbocycles. The highest BCUT2D eigenvalue weighted by molar-refractivity contribution is 6.00. The van der Waals surface area contributed by atoms with E-state index in [2.05, 4.69) is 41.3 Å². The van der Waals surface area contributed by atoms with Gasteiger partial charge in [0.2, 0.25) is 0 Å². The third-order valence-corrected chi connectivity index (χ3v) is 4.45. The topological polar surface area (TPSA) is 50.5 Å². The molecular weight excluding hydrogens is 288 g/mol. The molecule has 1 fully saturated rings. The van der Waals surface area contributed by atoms with Crippen LogP contribution in [0.3, 0.4) is 0 Å². The second-order valence-electron chi connectivity index (χ2n) is 6.02. The van der Waals surface area contributed by atoms with Crippen LogP contribution in [0.2, 0.25) is 0 Å². The summed E-state index contributed by atoms with van der Waals surface area (Å²) >= 11 is 0. The van der Waals surface area contributed by atoms with E-state index in [1.165, 1.54) is 11.1 Å². The lowest BCUT2D eigenvalue weighted by atomic mass is 10.0. The molecule has 0 saturated carbocycles.